The van der Waals surface area contributed by atoms with E-state index in [2.05, 4.69) is 110 Å². The second kappa shape index (κ2) is 7.00. The first-order valence-electron chi connectivity index (χ1n) is 11.7. The van der Waals surface area contributed by atoms with Gasteiger partial charge in [-0.25, -0.2) is 0 Å². The Labute approximate surface area is 188 Å². The SMILES string of the molecule is CCn1c2ccccc2c2c3c4c(-c5ccccc5)cccc4n(CC)c3c(C)c(C)c21. The van der Waals surface area contributed by atoms with Crippen molar-refractivity contribution in [3.63, 3.8) is 0 Å². The van der Waals surface area contributed by atoms with Gasteiger partial charge in [0.05, 0.1) is 11.0 Å². The molecule has 158 valence electrons. The van der Waals surface area contributed by atoms with Crippen molar-refractivity contribution >= 4 is 43.6 Å². The molecule has 2 heteroatoms. The van der Waals surface area contributed by atoms with E-state index in [-0.39, 0.29) is 0 Å². The van der Waals surface area contributed by atoms with E-state index >= 15 is 0 Å². The molecule has 6 aromatic rings. The van der Waals surface area contributed by atoms with E-state index in [0.29, 0.717) is 0 Å². The van der Waals surface area contributed by atoms with E-state index in [1.807, 2.05) is 0 Å². The summed E-state index contributed by atoms with van der Waals surface area (Å²) < 4.78 is 5.03. The maximum Gasteiger partial charge on any atom is 0.0531 e. The van der Waals surface area contributed by atoms with E-state index in [1.54, 1.807) is 0 Å². The summed E-state index contributed by atoms with van der Waals surface area (Å²) in [6.07, 6.45) is 0. The summed E-state index contributed by atoms with van der Waals surface area (Å²) in [5, 5.41) is 5.54. The lowest BCUT2D eigenvalue weighted by atomic mass is 9.94. The van der Waals surface area contributed by atoms with Gasteiger partial charge in [0.2, 0.25) is 0 Å². The molecule has 32 heavy (non-hydrogen) atoms. The Morgan fingerprint density at radius 2 is 1.16 bits per heavy atom. The van der Waals surface area contributed by atoms with Gasteiger partial charge in [0.15, 0.2) is 0 Å². The summed E-state index contributed by atoms with van der Waals surface area (Å²) in [6, 6.07) is 26.6. The van der Waals surface area contributed by atoms with Crippen LogP contribution >= 0.6 is 0 Å². The normalized spacial score (nSPS) is 12.0. The van der Waals surface area contributed by atoms with Gasteiger partial charge in [0.25, 0.3) is 0 Å². The van der Waals surface area contributed by atoms with E-state index in [9.17, 15) is 0 Å². The van der Waals surface area contributed by atoms with Gasteiger partial charge in [-0.3, -0.25) is 0 Å². The van der Waals surface area contributed by atoms with Crippen LogP contribution in [0.3, 0.4) is 0 Å². The fraction of sp³-hybridized carbons (Fsp3) is 0.200. The molecule has 0 saturated carbocycles. The fourth-order valence-electron chi connectivity index (χ4n) is 5.85. The average molecular weight is 417 g/mol. The number of hydrogen-bond acceptors (Lipinski definition) is 0. The minimum absolute atomic E-state index is 0.955. The van der Waals surface area contributed by atoms with Crippen molar-refractivity contribution in [3.05, 3.63) is 83.9 Å². The molecule has 2 aromatic heterocycles. The molecule has 0 amide bonds. The highest BCUT2D eigenvalue weighted by Gasteiger charge is 2.23. The highest BCUT2D eigenvalue weighted by molar-refractivity contribution is 6.31. The van der Waals surface area contributed by atoms with Crippen molar-refractivity contribution in [1.29, 1.82) is 0 Å². The second-order valence-electron chi connectivity index (χ2n) is 8.77. The Kier molecular flexibility index (Phi) is 4.19. The van der Waals surface area contributed by atoms with E-state index in [1.165, 1.54) is 65.9 Å². The molecule has 0 N–H and O–H groups in total. The van der Waals surface area contributed by atoms with Crippen LogP contribution in [0.5, 0.6) is 0 Å². The topological polar surface area (TPSA) is 9.86 Å². The van der Waals surface area contributed by atoms with Gasteiger partial charge >= 0.3 is 0 Å². The Morgan fingerprint density at radius 1 is 0.562 bits per heavy atom. The first-order chi connectivity index (χ1) is 15.7. The monoisotopic (exact) mass is 416 g/mol. The second-order valence-corrected chi connectivity index (χ2v) is 8.77. The fourth-order valence-corrected chi connectivity index (χ4v) is 5.85. The van der Waals surface area contributed by atoms with Gasteiger partial charge < -0.3 is 9.13 Å². The molecule has 0 fully saturated rings. The summed E-state index contributed by atoms with van der Waals surface area (Å²) in [4.78, 5) is 0. The predicted octanol–water partition coefficient (Wildman–Crippen LogP) is 8.23. The lowest BCUT2D eigenvalue weighted by Gasteiger charge is -2.12. The molecule has 0 bridgehead atoms. The standard InChI is InChI=1S/C30H28N2/c1-5-31-24-17-11-10-15-23(24)27-28-26-22(21-13-8-7-9-14-21)16-12-18-25(26)32(6-2)30(28)20(4)19(3)29(27)31/h7-18H,5-6H2,1-4H3. The van der Waals surface area contributed by atoms with Crippen LogP contribution in [0.1, 0.15) is 25.0 Å². The molecule has 4 aromatic carbocycles. The highest BCUT2D eigenvalue weighted by atomic mass is 15.0. The quantitative estimate of drug-likeness (QED) is 0.275. The van der Waals surface area contributed by atoms with Crippen molar-refractivity contribution in [2.75, 3.05) is 0 Å². The van der Waals surface area contributed by atoms with Crippen LogP contribution in [0.25, 0.3) is 54.7 Å². The van der Waals surface area contributed by atoms with Crippen LogP contribution in [-0.4, -0.2) is 9.13 Å². The zero-order chi connectivity index (χ0) is 22.0. The van der Waals surface area contributed by atoms with Gasteiger partial charge in [0, 0.05) is 45.7 Å². The number of para-hydroxylation sites is 1. The maximum atomic E-state index is 2.52. The highest BCUT2D eigenvalue weighted by Crippen LogP contribution is 2.46. The predicted molar refractivity (Wildman–Crippen MR) is 139 cm³/mol. The number of benzene rings is 4. The lowest BCUT2D eigenvalue weighted by molar-refractivity contribution is 0.819. The zero-order valence-electron chi connectivity index (χ0n) is 19.2. The van der Waals surface area contributed by atoms with Crippen molar-refractivity contribution in [2.45, 2.75) is 40.8 Å². The van der Waals surface area contributed by atoms with Crippen molar-refractivity contribution in [3.8, 4) is 11.1 Å². The van der Waals surface area contributed by atoms with Gasteiger partial charge in [-0.05, 0) is 62.1 Å². The van der Waals surface area contributed by atoms with Crippen molar-refractivity contribution in [1.82, 2.24) is 9.13 Å². The van der Waals surface area contributed by atoms with Crippen LogP contribution < -0.4 is 0 Å². The number of nitrogens with zero attached hydrogens (tertiary/aromatic N) is 2. The first-order valence-corrected chi connectivity index (χ1v) is 11.7. The molecule has 0 aliphatic rings. The van der Waals surface area contributed by atoms with Gasteiger partial charge in [-0.1, -0.05) is 60.7 Å². The number of rotatable bonds is 3. The molecule has 0 unspecified atom stereocenters. The summed E-state index contributed by atoms with van der Waals surface area (Å²) >= 11 is 0. The molecule has 0 spiro atoms. The van der Waals surface area contributed by atoms with Crippen LogP contribution in [0.4, 0.5) is 0 Å². The third-order valence-corrected chi connectivity index (χ3v) is 7.30. The van der Waals surface area contributed by atoms with E-state index < -0.39 is 0 Å². The zero-order valence-corrected chi connectivity index (χ0v) is 19.2. The lowest BCUT2D eigenvalue weighted by Crippen LogP contribution is -1.99. The number of hydrogen-bond donors (Lipinski definition) is 0. The molecule has 0 aliphatic heterocycles. The molecular formula is C30H28N2. The molecule has 6 rings (SSSR count). The van der Waals surface area contributed by atoms with Gasteiger partial charge in [0.1, 0.15) is 0 Å². The first kappa shape index (κ1) is 19.2. The van der Waals surface area contributed by atoms with E-state index in [0.717, 1.165) is 13.1 Å². The van der Waals surface area contributed by atoms with Gasteiger partial charge in [-0.2, -0.15) is 0 Å². The number of fused-ring (bicyclic) bond motifs is 7. The summed E-state index contributed by atoms with van der Waals surface area (Å²) in [7, 11) is 0. The third-order valence-electron chi connectivity index (χ3n) is 7.30. The third kappa shape index (κ3) is 2.35. The van der Waals surface area contributed by atoms with E-state index in [4.69, 9.17) is 0 Å². The van der Waals surface area contributed by atoms with Gasteiger partial charge in [-0.15, -0.1) is 0 Å². The van der Waals surface area contributed by atoms with Crippen LogP contribution in [0.2, 0.25) is 0 Å². The molecule has 0 aliphatic carbocycles. The molecule has 0 atom stereocenters. The van der Waals surface area contributed by atoms with Crippen molar-refractivity contribution < 1.29 is 0 Å². The Morgan fingerprint density at radius 3 is 1.88 bits per heavy atom. The molecule has 2 nitrogen and oxygen atoms in total. The summed E-state index contributed by atoms with van der Waals surface area (Å²) in [5.41, 5.74) is 10.8. The molecular weight excluding hydrogens is 388 g/mol. The largest absolute Gasteiger partial charge is 0.341 e. The molecule has 0 saturated heterocycles. The Balaban J connectivity index is 1.99. The Hall–Kier alpha value is -3.52. The maximum absolute atomic E-state index is 2.52. The molecule has 0 radical (unpaired) electrons. The number of aryl methyl sites for hydroxylation is 4. The van der Waals surface area contributed by atoms with Crippen LogP contribution in [0.15, 0.2) is 72.8 Å². The smallest absolute Gasteiger partial charge is 0.0531 e. The number of aromatic nitrogens is 2. The van der Waals surface area contributed by atoms with Crippen molar-refractivity contribution in [2.24, 2.45) is 0 Å². The van der Waals surface area contributed by atoms with Crippen LogP contribution in [-0.2, 0) is 13.1 Å². The minimum atomic E-state index is 0.955. The molecule has 2 heterocycles. The minimum Gasteiger partial charge on any atom is -0.341 e. The average Bonchev–Trinajstić information content (AvgIpc) is 3.35. The Bertz CT molecular complexity index is 1650. The van der Waals surface area contributed by atoms with Crippen LogP contribution in [0, 0.1) is 13.8 Å². The summed E-state index contributed by atoms with van der Waals surface area (Å²) in [5.74, 6) is 0. The summed E-state index contributed by atoms with van der Waals surface area (Å²) in [6.45, 7) is 11.1.